The maximum absolute atomic E-state index is 13.7. The third-order valence-corrected chi connectivity index (χ3v) is 5.21. The number of benzene rings is 3. The van der Waals surface area contributed by atoms with Gasteiger partial charge in [-0.2, -0.15) is 5.26 Å². The van der Waals surface area contributed by atoms with Crippen molar-refractivity contribution in [3.63, 3.8) is 0 Å². The lowest BCUT2D eigenvalue weighted by molar-refractivity contribution is -0.150. The molecule has 0 amide bonds. The summed E-state index contributed by atoms with van der Waals surface area (Å²) in [6, 6.07) is 29.4. The van der Waals surface area contributed by atoms with E-state index in [1.54, 1.807) is 42.5 Å². The molecule has 0 unspecified atom stereocenters. The van der Waals surface area contributed by atoms with Crippen LogP contribution in [0.3, 0.4) is 0 Å². The van der Waals surface area contributed by atoms with E-state index in [0.717, 1.165) is 0 Å². The fraction of sp³-hybridized carbons (Fsp3) is 0.0741. The van der Waals surface area contributed by atoms with Crippen LogP contribution in [0.15, 0.2) is 103 Å². The van der Waals surface area contributed by atoms with Crippen molar-refractivity contribution < 1.29 is 14.3 Å². The highest BCUT2D eigenvalue weighted by atomic mass is 16.6. The molecule has 0 fully saturated rings. The second-order valence-electron chi connectivity index (χ2n) is 7.18. The van der Waals surface area contributed by atoms with Crippen molar-refractivity contribution in [2.24, 2.45) is 0 Å². The maximum Gasteiger partial charge on any atom is 0.304 e. The number of rotatable bonds is 4. The van der Waals surface area contributed by atoms with E-state index < -0.39 is 11.6 Å². The summed E-state index contributed by atoms with van der Waals surface area (Å²) in [6.07, 6.45) is 1.60. The number of hydrogen-bond donors (Lipinski definition) is 0. The number of nitrogens with zero attached hydrogens (tertiary/aromatic N) is 1. The van der Waals surface area contributed by atoms with Gasteiger partial charge in [0.2, 0.25) is 0 Å². The van der Waals surface area contributed by atoms with Gasteiger partial charge in [-0.05, 0) is 17.2 Å². The molecule has 0 aliphatic heterocycles. The molecule has 4 heteroatoms. The first-order valence-electron chi connectivity index (χ1n) is 9.85. The number of ketones is 1. The molecule has 0 radical (unpaired) electrons. The van der Waals surface area contributed by atoms with E-state index in [2.05, 4.69) is 6.07 Å². The molecule has 3 aromatic carbocycles. The SMILES string of the molecule is CC(=O)O[C@]1(c2ccccc2)C=C(c2ccccc2)C(=O)C(c2ccccc2)=C1C#N. The Hall–Kier alpha value is -4.23. The monoisotopic (exact) mass is 405 g/mol. The largest absolute Gasteiger partial charge is 0.444 e. The fourth-order valence-corrected chi connectivity index (χ4v) is 3.91. The van der Waals surface area contributed by atoms with Crippen molar-refractivity contribution in [2.75, 3.05) is 0 Å². The molecule has 1 aliphatic rings. The van der Waals surface area contributed by atoms with Crippen molar-refractivity contribution in [3.8, 4) is 6.07 Å². The van der Waals surface area contributed by atoms with E-state index >= 15 is 0 Å². The van der Waals surface area contributed by atoms with Gasteiger partial charge in [-0.15, -0.1) is 0 Å². The number of hydrogen-bond acceptors (Lipinski definition) is 4. The molecule has 31 heavy (non-hydrogen) atoms. The molecule has 0 N–H and O–H groups in total. The molecule has 4 nitrogen and oxygen atoms in total. The van der Waals surface area contributed by atoms with Crippen LogP contribution in [-0.2, 0) is 19.9 Å². The van der Waals surface area contributed by atoms with Gasteiger partial charge in [-0.3, -0.25) is 9.59 Å². The molecular weight excluding hydrogens is 386 g/mol. The first kappa shape index (κ1) is 20.1. The van der Waals surface area contributed by atoms with Crippen LogP contribution >= 0.6 is 0 Å². The molecule has 0 heterocycles. The number of esters is 1. The van der Waals surface area contributed by atoms with E-state index in [1.165, 1.54) is 6.92 Å². The Balaban J connectivity index is 2.11. The van der Waals surface area contributed by atoms with Crippen molar-refractivity contribution in [2.45, 2.75) is 12.5 Å². The lowest BCUT2D eigenvalue weighted by Crippen LogP contribution is -2.36. The summed E-state index contributed by atoms with van der Waals surface area (Å²) in [4.78, 5) is 25.9. The summed E-state index contributed by atoms with van der Waals surface area (Å²) < 4.78 is 5.87. The van der Waals surface area contributed by atoms with Crippen LogP contribution in [0.1, 0.15) is 23.6 Å². The molecule has 0 saturated carbocycles. The number of carbonyl (C=O) groups excluding carboxylic acids is 2. The Morgan fingerprint density at radius 3 is 1.87 bits per heavy atom. The minimum atomic E-state index is -1.52. The lowest BCUT2D eigenvalue weighted by Gasteiger charge is -2.35. The van der Waals surface area contributed by atoms with Crippen molar-refractivity contribution in [1.29, 1.82) is 5.26 Å². The standard InChI is InChI=1S/C27H19NO3/c1-19(29)31-27(22-15-9-4-10-16-22)17-23(20-11-5-2-6-12-20)26(30)25(24(27)18-28)21-13-7-3-8-14-21/h2-17H,1H3/t27-/m0/s1. The maximum atomic E-state index is 13.7. The van der Waals surface area contributed by atoms with E-state index in [0.29, 0.717) is 22.3 Å². The topological polar surface area (TPSA) is 67.2 Å². The third kappa shape index (κ3) is 3.58. The van der Waals surface area contributed by atoms with Crippen LogP contribution in [0.5, 0.6) is 0 Å². The van der Waals surface area contributed by atoms with Crippen LogP contribution in [0, 0.1) is 11.3 Å². The smallest absolute Gasteiger partial charge is 0.304 e. The van der Waals surface area contributed by atoms with Gasteiger partial charge in [0, 0.05) is 23.6 Å². The van der Waals surface area contributed by atoms with E-state index in [9.17, 15) is 14.9 Å². The second kappa shape index (κ2) is 8.25. The lowest BCUT2D eigenvalue weighted by atomic mass is 9.73. The van der Waals surface area contributed by atoms with Crippen LogP contribution < -0.4 is 0 Å². The van der Waals surface area contributed by atoms with E-state index in [1.807, 2.05) is 54.6 Å². The molecule has 0 bridgehead atoms. The predicted molar refractivity (Wildman–Crippen MR) is 118 cm³/mol. The van der Waals surface area contributed by atoms with E-state index in [4.69, 9.17) is 4.74 Å². The highest BCUT2D eigenvalue weighted by molar-refractivity contribution is 6.44. The van der Waals surface area contributed by atoms with Gasteiger partial charge in [0.25, 0.3) is 0 Å². The van der Waals surface area contributed by atoms with Gasteiger partial charge < -0.3 is 4.74 Å². The normalized spacial score (nSPS) is 18.2. The predicted octanol–water partition coefficient (Wildman–Crippen LogP) is 5.09. The minimum Gasteiger partial charge on any atom is -0.444 e. The zero-order valence-electron chi connectivity index (χ0n) is 16.9. The highest BCUT2D eigenvalue weighted by Crippen LogP contribution is 2.46. The quantitative estimate of drug-likeness (QED) is 0.567. The van der Waals surface area contributed by atoms with Crippen molar-refractivity contribution >= 4 is 22.9 Å². The Bertz CT molecular complexity index is 1240. The minimum absolute atomic E-state index is 0.0878. The van der Waals surface area contributed by atoms with Gasteiger partial charge in [0.1, 0.15) is 6.07 Å². The molecule has 4 rings (SSSR count). The molecule has 150 valence electrons. The molecule has 0 aromatic heterocycles. The van der Waals surface area contributed by atoms with Crippen LogP contribution in [0.25, 0.3) is 11.1 Å². The molecule has 1 aliphatic carbocycles. The van der Waals surface area contributed by atoms with E-state index in [-0.39, 0.29) is 16.9 Å². The average molecular weight is 405 g/mol. The van der Waals surface area contributed by atoms with Crippen molar-refractivity contribution in [3.05, 3.63) is 119 Å². The third-order valence-electron chi connectivity index (χ3n) is 5.21. The number of nitriles is 1. The van der Waals surface area contributed by atoms with Gasteiger partial charge in [-0.1, -0.05) is 91.0 Å². The number of ether oxygens (including phenoxy) is 1. The van der Waals surface area contributed by atoms with Gasteiger partial charge >= 0.3 is 5.97 Å². The number of carbonyl (C=O) groups is 2. The van der Waals surface area contributed by atoms with Gasteiger partial charge in [-0.25, -0.2) is 0 Å². The summed E-state index contributed by atoms with van der Waals surface area (Å²) in [5.74, 6) is -0.838. The Morgan fingerprint density at radius 2 is 1.35 bits per heavy atom. The van der Waals surface area contributed by atoms with Crippen molar-refractivity contribution in [1.82, 2.24) is 0 Å². The van der Waals surface area contributed by atoms with Gasteiger partial charge in [0.15, 0.2) is 11.4 Å². The summed E-state index contributed by atoms with van der Waals surface area (Å²) in [7, 11) is 0. The summed E-state index contributed by atoms with van der Waals surface area (Å²) in [5.41, 5.74) is 1.05. The molecule has 0 saturated heterocycles. The van der Waals surface area contributed by atoms with Crippen LogP contribution in [0.4, 0.5) is 0 Å². The Morgan fingerprint density at radius 1 is 0.839 bits per heavy atom. The average Bonchev–Trinajstić information content (AvgIpc) is 2.81. The summed E-state index contributed by atoms with van der Waals surface area (Å²) >= 11 is 0. The van der Waals surface area contributed by atoms with Gasteiger partial charge in [0.05, 0.1) is 5.57 Å². The Labute approximate surface area is 180 Å². The summed E-state index contributed by atoms with van der Waals surface area (Å²) in [5, 5.41) is 10.2. The first-order chi connectivity index (χ1) is 15.1. The number of Topliss-reactive ketones (excluding diaryl/α,β-unsaturated/α-hetero) is 1. The zero-order valence-corrected chi connectivity index (χ0v) is 16.9. The first-order valence-corrected chi connectivity index (χ1v) is 9.85. The fourth-order valence-electron chi connectivity index (χ4n) is 3.91. The van der Waals surface area contributed by atoms with Crippen LogP contribution in [0.2, 0.25) is 0 Å². The molecule has 1 atom stereocenters. The zero-order chi connectivity index (χ0) is 21.8. The van der Waals surface area contributed by atoms with Crippen LogP contribution in [-0.4, -0.2) is 11.8 Å². The highest BCUT2D eigenvalue weighted by Gasteiger charge is 2.46. The molecule has 3 aromatic rings. The molecule has 0 spiro atoms. The summed E-state index contributed by atoms with van der Waals surface area (Å²) in [6.45, 7) is 1.30. The molecular formula is C27H19NO3. The second-order valence-corrected chi connectivity index (χ2v) is 7.18. The Kier molecular flexibility index (Phi) is 5.34. The number of allylic oxidation sites excluding steroid dienone is 2.